The van der Waals surface area contributed by atoms with Gasteiger partial charge in [-0.3, -0.25) is 9.59 Å². The van der Waals surface area contributed by atoms with Crippen molar-refractivity contribution in [2.75, 3.05) is 20.2 Å². The molecule has 1 aromatic rings. The van der Waals surface area contributed by atoms with E-state index in [0.717, 1.165) is 0 Å². The second kappa shape index (κ2) is 5.57. The Morgan fingerprint density at radius 3 is 2.89 bits per heavy atom. The number of likely N-dealkylation sites (tertiary alicyclic amines) is 1. The molecule has 1 fully saturated rings. The first-order valence-corrected chi connectivity index (χ1v) is 6.23. The van der Waals surface area contributed by atoms with E-state index in [9.17, 15) is 14.0 Å². The van der Waals surface area contributed by atoms with Crippen LogP contribution in [0.5, 0.6) is 0 Å². The summed E-state index contributed by atoms with van der Waals surface area (Å²) in [5.74, 6) is -1.86. The number of carbonyl (C=O) groups is 2. The van der Waals surface area contributed by atoms with Crippen molar-refractivity contribution >= 4 is 23.5 Å². The van der Waals surface area contributed by atoms with Crippen LogP contribution in [0.25, 0.3) is 0 Å². The highest BCUT2D eigenvalue weighted by atomic mass is 35.5. The van der Waals surface area contributed by atoms with Gasteiger partial charge in [-0.2, -0.15) is 0 Å². The molecular formula is C13H13ClFNO3. The minimum atomic E-state index is -0.726. The lowest BCUT2D eigenvalue weighted by molar-refractivity contribution is -0.144. The van der Waals surface area contributed by atoms with Crippen LogP contribution in [0.15, 0.2) is 18.2 Å². The average molecular weight is 286 g/mol. The van der Waals surface area contributed by atoms with E-state index >= 15 is 0 Å². The van der Waals surface area contributed by atoms with Gasteiger partial charge in [-0.05, 0) is 18.6 Å². The Labute approximate surface area is 115 Å². The van der Waals surface area contributed by atoms with Crippen molar-refractivity contribution in [2.45, 2.75) is 6.42 Å². The van der Waals surface area contributed by atoms with Crippen LogP contribution in [0.3, 0.4) is 0 Å². The predicted molar refractivity (Wildman–Crippen MR) is 67.4 cm³/mol. The van der Waals surface area contributed by atoms with Gasteiger partial charge in [0.25, 0.3) is 5.91 Å². The molecule has 0 N–H and O–H groups in total. The molecule has 0 aromatic heterocycles. The van der Waals surface area contributed by atoms with Crippen molar-refractivity contribution < 1.29 is 18.7 Å². The van der Waals surface area contributed by atoms with E-state index in [-0.39, 0.29) is 29.0 Å². The van der Waals surface area contributed by atoms with Gasteiger partial charge in [0.2, 0.25) is 0 Å². The fraction of sp³-hybridized carbons (Fsp3) is 0.385. The number of carbonyl (C=O) groups excluding carboxylic acids is 2. The van der Waals surface area contributed by atoms with Crippen LogP contribution in [0.1, 0.15) is 16.8 Å². The summed E-state index contributed by atoms with van der Waals surface area (Å²) in [6, 6.07) is 4.29. The molecule has 0 bridgehead atoms. The molecule has 1 heterocycles. The zero-order valence-electron chi connectivity index (χ0n) is 10.4. The van der Waals surface area contributed by atoms with Gasteiger partial charge < -0.3 is 9.64 Å². The first-order chi connectivity index (χ1) is 9.04. The first kappa shape index (κ1) is 13.8. The zero-order valence-corrected chi connectivity index (χ0v) is 11.1. The first-order valence-electron chi connectivity index (χ1n) is 5.85. The molecule has 0 aliphatic carbocycles. The Hall–Kier alpha value is -1.62. The maximum atomic E-state index is 13.8. The number of methoxy groups -OCH3 is 1. The highest BCUT2D eigenvalue weighted by Crippen LogP contribution is 2.23. The third kappa shape index (κ3) is 2.71. The van der Waals surface area contributed by atoms with Gasteiger partial charge in [0.05, 0.1) is 23.6 Å². The molecule has 1 amide bonds. The van der Waals surface area contributed by atoms with Crippen LogP contribution >= 0.6 is 11.6 Å². The zero-order chi connectivity index (χ0) is 14.0. The Balaban J connectivity index is 2.14. The van der Waals surface area contributed by atoms with Crippen LogP contribution in [0.4, 0.5) is 4.39 Å². The van der Waals surface area contributed by atoms with Gasteiger partial charge in [0.1, 0.15) is 0 Å². The maximum absolute atomic E-state index is 13.8. The molecule has 0 spiro atoms. The minimum absolute atomic E-state index is 0.0713. The van der Waals surface area contributed by atoms with E-state index in [4.69, 9.17) is 11.6 Å². The lowest BCUT2D eigenvalue weighted by atomic mass is 10.1. The quantitative estimate of drug-likeness (QED) is 0.782. The second-order valence-electron chi connectivity index (χ2n) is 4.36. The summed E-state index contributed by atoms with van der Waals surface area (Å²) in [7, 11) is 1.31. The number of halogens is 2. The van der Waals surface area contributed by atoms with Gasteiger partial charge in [-0.15, -0.1) is 0 Å². The lowest BCUT2D eigenvalue weighted by Crippen LogP contribution is -2.30. The summed E-state index contributed by atoms with van der Waals surface area (Å²) < 4.78 is 18.4. The molecule has 2 rings (SSSR count). The summed E-state index contributed by atoms with van der Waals surface area (Å²) in [6.07, 6.45) is 0.528. The number of benzene rings is 1. The Kier molecular flexibility index (Phi) is 4.04. The van der Waals surface area contributed by atoms with Crippen LogP contribution in [-0.2, 0) is 9.53 Å². The minimum Gasteiger partial charge on any atom is -0.469 e. The number of hydrogen-bond acceptors (Lipinski definition) is 3. The van der Waals surface area contributed by atoms with Crippen molar-refractivity contribution in [3.63, 3.8) is 0 Å². The summed E-state index contributed by atoms with van der Waals surface area (Å²) >= 11 is 5.65. The number of esters is 1. The molecule has 1 unspecified atom stereocenters. The van der Waals surface area contributed by atoms with Gasteiger partial charge in [-0.1, -0.05) is 17.7 Å². The third-order valence-electron chi connectivity index (χ3n) is 3.19. The van der Waals surface area contributed by atoms with Crippen LogP contribution in [0, 0.1) is 11.7 Å². The SMILES string of the molecule is COC(=O)C1CCN(C(=O)c2cccc(Cl)c2F)C1. The number of nitrogens with zero attached hydrogens (tertiary/aromatic N) is 1. The average Bonchev–Trinajstić information content (AvgIpc) is 2.90. The summed E-state index contributed by atoms with van der Waals surface area (Å²) in [4.78, 5) is 25.0. The van der Waals surface area contributed by atoms with Crippen molar-refractivity contribution in [1.29, 1.82) is 0 Å². The van der Waals surface area contributed by atoms with Gasteiger partial charge >= 0.3 is 5.97 Å². The fourth-order valence-corrected chi connectivity index (χ4v) is 2.32. The van der Waals surface area contributed by atoms with Gasteiger partial charge in [-0.25, -0.2) is 4.39 Å². The van der Waals surface area contributed by atoms with E-state index in [1.165, 1.54) is 30.2 Å². The predicted octanol–water partition coefficient (Wildman–Crippen LogP) is 2.11. The Morgan fingerprint density at radius 1 is 1.47 bits per heavy atom. The summed E-state index contributed by atoms with van der Waals surface area (Å²) in [6.45, 7) is 0.655. The molecule has 1 atom stereocenters. The molecule has 0 radical (unpaired) electrons. The molecular weight excluding hydrogens is 273 g/mol. The smallest absolute Gasteiger partial charge is 0.310 e. The molecule has 4 nitrogen and oxygen atoms in total. The summed E-state index contributed by atoms with van der Waals surface area (Å²) in [5, 5.41) is -0.0884. The van der Waals surface area contributed by atoms with E-state index in [0.29, 0.717) is 13.0 Å². The molecule has 102 valence electrons. The van der Waals surface area contributed by atoms with Crippen LogP contribution in [0.2, 0.25) is 5.02 Å². The van der Waals surface area contributed by atoms with Gasteiger partial charge in [0, 0.05) is 13.1 Å². The molecule has 1 aliphatic heterocycles. The fourth-order valence-electron chi connectivity index (χ4n) is 2.14. The molecule has 1 saturated heterocycles. The van der Waals surface area contributed by atoms with Crippen LogP contribution in [-0.4, -0.2) is 37.0 Å². The summed E-state index contributed by atoms with van der Waals surface area (Å²) in [5.41, 5.74) is -0.0713. The molecule has 1 aliphatic rings. The molecule has 1 aromatic carbocycles. The maximum Gasteiger partial charge on any atom is 0.310 e. The van der Waals surface area contributed by atoms with E-state index < -0.39 is 11.7 Å². The monoisotopic (exact) mass is 285 g/mol. The largest absolute Gasteiger partial charge is 0.469 e. The highest BCUT2D eigenvalue weighted by molar-refractivity contribution is 6.31. The van der Waals surface area contributed by atoms with E-state index in [2.05, 4.69) is 4.74 Å². The van der Waals surface area contributed by atoms with Crippen molar-refractivity contribution in [3.05, 3.63) is 34.6 Å². The Bertz CT molecular complexity index is 521. The number of rotatable bonds is 2. The number of ether oxygens (including phenoxy) is 1. The molecule has 19 heavy (non-hydrogen) atoms. The standard InChI is InChI=1S/C13H13ClFNO3/c1-19-13(18)8-5-6-16(7-8)12(17)9-3-2-4-10(14)11(9)15/h2-4,8H,5-7H2,1H3. The van der Waals surface area contributed by atoms with Crippen molar-refractivity contribution in [1.82, 2.24) is 4.90 Å². The Morgan fingerprint density at radius 2 is 2.21 bits per heavy atom. The van der Waals surface area contributed by atoms with Crippen molar-refractivity contribution in [2.24, 2.45) is 5.92 Å². The van der Waals surface area contributed by atoms with Crippen molar-refractivity contribution in [3.8, 4) is 0 Å². The highest BCUT2D eigenvalue weighted by Gasteiger charge is 2.33. The molecule has 0 saturated carbocycles. The lowest BCUT2D eigenvalue weighted by Gasteiger charge is -2.16. The number of hydrogen-bond donors (Lipinski definition) is 0. The second-order valence-corrected chi connectivity index (χ2v) is 4.77. The topological polar surface area (TPSA) is 46.6 Å². The van der Waals surface area contributed by atoms with Crippen LogP contribution < -0.4 is 0 Å². The molecule has 6 heteroatoms. The third-order valence-corrected chi connectivity index (χ3v) is 3.48. The van der Waals surface area contributed by atoms with E-state index in [1.54, 1.807) is 0 Å². The van der Waals surface area contributed by atoms with E-state index in [1.807, 2.05) is 0 Å². The van der Waals surface area contributed by atoms with Gasteiger partial charge in [0.15, 0.2) is 5.82 Å². The number of amides is 1. The normalized spacial score (nSPS) is 18.5.